The lowest BCUT2D eigenvalue weighted by atomic mass is 9.96. The van der Waals surface area contributed by atoms with Gasteiger partial charge in [0.15, 0.2) is 0 Å². The first-order chi connectivity index (χ1) is 11.1. The zero-order valence-electron chi connectivity index (χ0n) is 13.6. The molecule has 2 saturated carbocycles. The van der Waals surface area contributed by atoms with Crippen molar-refractivity contribution in [2.24, 2.45) is 5.92 Å². The highest BCUT2D eigenvalue weighted by atomic mass is 16.2. The van der Waals surface area contributed by atoms with Gasteiger partial charge in [0, 0.05) is 19.3 Å². The molecule has 7 heteroatoms. The summed E-state index contributed by atoms with van der Waals surface area (Å²) < 4.78 is 1.74. The Kier molecular flexibility index (Phi) is 4.54. The Morgan fingerprint density at radius 2 is 2.09 bits per heavy atom. The van der Waals surface area contributed by atoms with Gasteiger partial charge >= 0.3 is 6.03 Å². The fraction of sp³-hybridized carbons (Fsp3) is 0.688. The summed E-state index contributed by atoms with van der Waals surface area (Å²) in [7, 11) is 0. The average molecular weight is 319 g/mol. The summed E-state index contributed by atoms with van der Waals surface area (Å²) in [5.41, 5.74) is -0.129. The average Bonchev–Trinajstić information content (AvgIpc) is 3.05. The van der Waals surface area contributed by atoms with Gasteiger partial charge in [0.2, 0.25) is 5.91 Å². The van der Waals surface area contributed by atoms with Gasteiger partial charge in [-0.3, -0.25) is 9.48 Å². The maximum Gasteiger partial charge on any atom is 0.320 e. The summed E-state index contributed by atoms with van der Waals surface area (Å²) in [6, 6.07) is -0.343. The minimum absolute atomic E-state index is 0.0405. The van der Waals surface area contributed by atoms with Crippen LogP contribution >= 0.6 is 0 Å². The number of urea groups is 1. The Morgan fingerprint density at radius 3 is 2.70 bits per heavy atom. The summed E-state index contributed by atoms with van der Waals surface area (Å²) in [5, 5.41) is 12.8. The lowest BCUT2D eigenvalue weighted by Crippen LogP contribution is -2.58. The summed E-state index contributed by atoms with van der Waals surface area (Å²) in [5.74, 6) is 0.590. The zero-order valence-corrected chi connectivity index (χ0v) is 13.6. The van der Waals surface area contributed by atoms with Crippen molar-refractivity contribution in [3.05, 3.63) is 12.4 Å². The van der Waals surface area contributed by atoms with E-state index >= 15 is 0 Å². The van der Waals surface area contributed by atoms with Crippen molar-refractivity contribution in [2.45, 2.75) is 57.5 Å². The van der Waals surface area contributed by atoms with Crippen LogP contribution in [-0.4, -0.2) is 33.8 Å². The van der Waals surface area contributed by atoms with Crippen LogP contribution in [0.3, 0.4) is 0 Å². The number of anilines is 1. The van der Waals surface area contributed by atoms with E-state index < -0.39 is 5.54 Å². The van der Waals surface area contributed by atoms with Gasteiger partial charge in [0.25, 0.3) is 0 Å². The summed E-state index contributed by atoms with van der Waals surface area (Å²) in [6.45, 7) is 3.46. The third kappa shape index (κ3) is 3.83. The molecule has 0 saturated heterocycles. The molecule has 0 atom stereocenters. The maximum absolute atomic E-state index is 12.6. The highest BCUT2D eigenvalue weighted by Gasteiger charge is 2.42. The fourth-order valence-corrected chi connectivity index (χ4v) is 3.10. The first kappa shape index (κ1) is 15.8. The summed E-state index contributed by atoms with van der Waals surface area (Å²) >= 11 is 0. The molecule has 0 aromatic carbocycles. The Bertz CT molecular complexity index is 573. The Morgan fingerprint density at radius 1 is 1.35 bits per heavy atom. The molecule has 0 radical (unpaired) electrons. The van der Waals surface area contributed by atoms with Gasteiger partial charge in [-0.15, -0.1) is 0 Å². The molecule has 2 aliphatic carbocycles. The first-order valence-electron chi connectivity index (χ1n) is 8.51. The molecule has 3 rings (SSSR count). The molecule has 2 aliphatic rings. The van der Waals surface area contributed by atoms with Gasteiger partial charge in [-0.05, 0) is 38.5 Å². The van der Waals surface area contributed by atoms with E-state index in [4.69, 9.17) is 0 Å². The molecule has 1 heterocycles. The fourth-order valence-electron chi connectivity index (χ4n) is 3.10. The van der Waals surface area contributed by atoms with Gasteiger partial charge in [0.05, 0.1) is 11.9 Å². The highest BCUT2D eigenvalue weighted by Crippen LogP contribution is 2.31. The second-order valence-electron chi connectivity index (χ2n) is 6.61. The number of nitrogens with one attached hydrogen (secondary N) is 3. The van der Waals surface area contributed by atoms with Gasteiger partial charge in [0.1, 0.15) is 5.54 Å². The second kappa shape index (κ2) is 6.60. The van der Waals surface area contributed by atoms with Crippen molar-refractivity contribution in [1.29, 1.82) is 0 Å². The van der Waals surface area contributed by atoms with Crippen LogP contribution in [0.15, 0.2) is 12.4 Å². The largest absolute Gasteiger partial charge is 0.354 e. The standard InChI is InChI=1S/C16H25N5O2/c1-2-21-11-13(10-18-21)19-15(23)20-16(7-3-4-8-16)14(22)17-9-12-5-6-12/h10-12H,2-9H2,1H3,(H,17,22)(H2,19,20,23). The van der Waals surface area contributed by atoms with Crippen molar-refractivity contribution in [1.82, 2.24) is 20.4 Å². The number of hydrogen-bond donors (Lipinski definition) is 3. The Balaban J connectivity index is 1.58. The number of carbonyl (C=O) groups is 2. The van der Waals surface area contributed by atoms with Crippen molar-refractivity contribution in [2.75, 3.05) is 11.9 Å². The molecule has 2 fully saturated rings. The topological polar surface area (TPSA) is 88.0 Å². The number of nitrogens with zero attached hydrogens (tertiary/aromatic N) is 2. The van der Waals surface area contributed by atoms with E-state index in [0.717, 1.165) is 25.9 Å². The number of hydrogen-bond acceptors (Lipinski definition) is 3. The molecule has 0 aliphatic heterocycles. The highest BCUT2D eigenvalue weighted by molar-refractivity contribution is 5.96. The van der Waals surface area contributed by atoms with E-state index in [9.17, 15) is 9.59 Å². The molecule has 3 amide bonds. The van der Waals surface area contributed by atoms with Crippen LogP contribution in [0.1, 0.15) is 45.4 Å². The van der Waals surface area contributed by atoms with Crippen molar-refractivity contribution >= 4 is 17.6 Å². The van der Waals surface area contributed by atoms with E-state index in [0.29, 0.717) is 24.4 Å². The number of carbonyl (C=O) groups excluding carboxylic acids is 2. The molecule has 23 heavy (non-hydrogen) atoms. The van der Waals surface area contributed by atoms with E-state index in [2.05, 4.69) is 21.0 Å². The van der Waals surface area contributed by atoms with Crippen molar-refractivity contribution in [3.63, 3.8) is 0 Å². The molecule has 3 N–H and O–H groups in total. The monoisotopic (exact) mass is 319 g/mol. The third-order valence-corrected chi connectivity index (χ3v) is 4.71. The van der Waals surface area contributed by atoms with Gasteiger partial charge < -0.3 is 16.0 Å². The quantitative estimate of drug-likeness (QED) is 0.748. The molecular weight excluding hydrogens is 294 g/mol. The minimum Gasteiger partial charge on any atom is -0.354 e. The van der Waals surface area contributed by atoms with Crippen LogP contribution in [0.5, 0.6) is 0 Å². The normalized spacial score (nSPS) is 19.3. The molecule has 1 aromatic heterocycles. The molecule has 0 bridgehead atoms. The molecular formula is C16H25N5O2. The van der Waals surface area contributed by atoms with Gasteiger partial charge in [-0.2, -0.15) is 5.10 Å². The minimum atomic E-state index is -0.764. The van der Waals surface area contributed by atoms with Crippen LogP contribution in [0, 0.1) is 5.92 Å². The Hall–Kier alpha value is -2.05. The molecule has 126 valence electrons. The predicted octanol–water partition coefficient (Wildman–Crippen LogP) is 1.86. The van der Waals surface area contributed by atoms with Crippen molar-refractivity contribution < 1.29 is 9.59 Å². The van der Waals surface area contributed by atoms with Crippen LogP contribution in [0.2, 0.25) is 0 Å². The third-order valence-electron chi connectivity index (χ3n) is 4.71. The van der Waals surface area contributed by atoms with E-state index in [1.54, 1.807) is 17.1 Å². The summed E-state index contributed by atoms with van der Waals surface area (Å²) in [6.07, 6.45) is 9.10. The first-order valence-corrected chi connectivity index (χ1v) is 8.51. The molecule has 7 nitrogen and oxygen atoms in total. The van der Waals surface area contributed by atoms with Crippen LogP contribution in [0.4, 0.5) is 10.5 Å². The maximum atomic E-state index is 12.6. The van der Waals surface area contributed by atoms with Gasteiger partial charge in [-0.25, -0.2) is 4.79 Å². The molecule has 0 spiro atoms. The lowest BCUT2D eigenvalue weighted by Gasteiger charge is -2.29. The zero-order chi connectivity index (χ0) is 16.3. The van der Waals surface area contributed by atoms with Crippen molar-refractivity contribution in [3.8, 4) is 0 Å². The van der Waals surface area contributed by atoms with E-state index in [1.165, 1.54) is 12.8 Å². The van der Waals surface area contributed by atoms with Crippen LogP contribution in [-0.2, 0) is 11.3 Å². The van der Waals surface area contributed by atoms with E-state index in [-0.39, 0.29) is 11.9 Å². The van der Waals surface area contributed by atoms with Crippen LogP contribution < -0.4 is 16.0 Å². The smallest absolute Gasteiger partial charge is 0.320 e. The van der Waals surface area contributed by atoms with Crippen LogP contribution in [0.25, 0.3) is 0 Å². The second-order valence-corrected chi connectivity index (χ2v) is 6.61. The number of aryl methyl sites for hydroxylation is 1. The number of rotatable bonds is 6. The Labute approximate surface area is 136 Å². The predicted molar refractivity (Wildman–Crippen MR) is 87.0 cm³/mol. The molecule has 1 aromatic rings. The SMILES string of the molecule is CCn1cc(NC(=O)NC2(C(=O)NCC3CC3)CCCC2)cn1. The molecule has 0 unspecified atom stereocenters. The summed E-state index contributed by atoms with van der Waals surface area (Å²) in [4.78, 5) is 24.9. The van der Waals surface area contributed by atoms with E-state index in [1.807, 2.05) is 6.92 Å². The number of amides is 3. The lowest BCUT2D eigenvalue weighted by molar-refractivity contribution is -0.127. The van der Waals surface area contributed by atoms with Gasteiger partial charge in [-0.1, -0.05) is 12.8 Å². The number of aromatic nitrogens is 2.